The van der Waals surface area contributed by atoms with Crippen molar-refractivity contribution in [2.24, 2.45) is 0 Å². The summed E-state index contributed by atoms with van der Waals surface area (Å²) in [5.74, 6) is 0.136. The van der Waals surface area contributed by atoms with E-state index in [1.54, 1.807) is 48.5 Å². The van der Waals surface area contributed by atoms with Gasteiger partial charge in [0.05, 0.1) is 11.8 Å². The number of carbonyl (C=O) groups excluding carboxylic acids is 1. The summed E-state index contributed by atoms with van der Waals surface area (Å²) in [5.41, 5.74) is 1.02. The van der Waals surface area contributed by atoms with Crippen LogP contribution in [0.15, 0.2) is 48.5 Å². The molecule has 1 amide bonds. The Balaban J connectivity index is 1.82. The number of rotatable bonds is 5. The molecule has 0 bridgehead atoms. The van der Waals surface area contributed by atoms with Gasteiger partial charge in [0, 0.05) is 17.3 Å². The Morgan fingerprint density at radius 1 is 1.14 bits per heavy atom. The standard InChI is InChI=1S/C21H25ClN2O4S/c1-15(2)28-19-11-7-17(8-12-19)23-20(25)21(3)13-4-14-24(29(21,26)27)18-9-5-16(22)6-10-18/h5-12,15H,4,13-14H2,1-3H3,(H,23,25)/t21-/m0/s1. The van der Waals surface area contributed by atoms with E-state index in [1.165, 1.54) is 11.2 Å². The predicted molar refractivity (Wildman–Crippen MR) is 116 cm³/mol. The average molecular weight is 437 g/mol. The lowest BCUT2D eigenvalue weighted by Gasteiger charge is -2.39. The number of sulfonamides is 1. The first-order valence-electron chi connectivity index (χ1n) is 9.49. The van der Waals surface area contributed by atoms with Gasteiger partial charge in [-0.05, 0) is 82.1 Å². The van der Waals surface area contributed by atoms with Crippen molar-refractivity contribution in [1.82, 2.24) is 0 Å². The van der Waals surface area contributed by atoms with Crippen LogP contribution in [0.5, 0.6) is 5.75 Å². The van der Waals surface area contributed by atoms with E-state index >= 15 is 0 Å². The van der Waals surface area contributed by atoms with Gasteiger partial charge in [-0.1, -0.05) is 11.6 Å². The number of halogens is 1. The summed E-state index contributed by atoms with van der Waals surface area (Å²) in [4.78, 5) is 13.0. The largest absolute Gasteiger partial charge is 0.491 e. The Hall–Kier alpha value is -2.25. The third-order valence-corrected chi connectivity index (χ3v) is 7.71. The minimum Gasteiger partial charge on any atom is -0.491 e. The maximum Gasteiger partial charge on any atom is 0.249 e. The third kappa shape index (κ3) is 4.36. The summed E-state index contributed by atoms with van der Waals surface area (Å²) in [6.45, 7) is 5.66. The topological polar surface area (TPSA) is 75.7 Å². The number of benzene rings is 2. The summed E-state index contributed by atoms with van der Waals surface area (Å²) in [6.07, 6.45) is 0.868. The van der Waals surface area contributed by atoms with Crippen LogP contribution in [0.3, 0.4) is 0 Å². The van der Waals surface area contributed by atoms with Gasteiger partial charge in [0.25, 0.3) is 0 Å². The highest BCUT2D eigenvalue weighted by Crippen LogP contribution is 2.36. The van der Waals surface area contributed by atoms with Crippen LogP contribution in [0, 0.1) is 0 Å². The molecule has 1 atom stereocenters. The van der Waals surface area contributed by atoms with Crippen LogP contribution < -0.4 is 14.4 Å². The fourth-order valence-electron chi connectivity index (χ4n) is 3.31. The number of hydrogen-bond donors (Lipinski definition) is 1. The first-order valence-corrected chi connectivity index (χ1v) is 11.3. The van der Waals surface area contributed by atoms with Crippen molar-refractivity contribution in [2.75, 3.05) is 16.2 Å². The second-order valence-electron chi connectivity index (χ2n) is 7.53. The van der Waals surface area contributed by atoms with Crippen LogP contribution in [0.4, 0.5) is 11.4 Å². The van der Waals surface area contributed by atoms with Crippen LogP contribution >= 0.6 is 11.6 Å². The van der Waals surface area contributed by atoms with Crippen molar-refractivity contribution in [3.63, 3.8) is 0 Å². The van der Waals surface area contributed by atoms with Gasteiger partial charge in [0.15, 0.2) is 4.75 Å². The molecule has 3 rings (SSSR count). The molecule has 2 aromatic carbocycles. The van der Waals surface area contributed by atoms with Gasteiger partial charge in [-0.25, -0.2) is 8.42 Å². The molecule has 0 radical (unpaired) electrons. The van der Waals surface area contributed by atoms with E-state index in [2.05, 4.69) is 5.32 Å². The van der Waals surface area contributed by atoms with Crippen molar-refractivity contribution < 1.29 is 17.9 Å². The number of ether oxygens (including phenoxy) is 1. The van der Waals surface area contributed by atoms with Crippen LogP contribution in [0.2, 0.25) is 5.02 Å². The van der Waals surface area contributed by atoms with E-state index in [9.17, 15) is 13.2 Å². The number of hydrogen-bond acceptors (Lipinski definition) is 4. The normalized spacial score (nSPS) is 21.1. The zero-order valence-corrected chi connectivity index (χ0v) is 18.3. The fourth-order valence-corrected chi connectivity index (χ4v) is 5.38. The van der Waals surface area contributed by atoms with Gasteiger partial charge in [-0.15, -0.1) is 0 Å². The second kappa shape index (κ2) is 8.24. The van der Waals surface area contributed by atoms with Crippen LogP contribution in [-0.2, 0) is 14.8 Å². The maximum absolute atomic E-state index is 13.3. The van der Waals surface area contributed by atoms with E-state index < -0.39 is 20.7 Å². The number of nitrogens with one attached hydrogen (secondary N) is 1. The van der Waals surface area contributed by atoms with Gasteiger partial charge in [0.2, 0.25) is 15.9 Å². The number of anilines is 2. The SMILES string of the molecule is CC(C)Oc1ccc(NC(=O)[C@]2(C)CCCN(c3ccc(Cl)cc3)S2(=O)=O)cc1. The third-order valence-electron chi connectivity index (χ3n) is 4.95. The quantitative estimate of drug-likeness (QED) is 0.751. The molecule has 1 saturated heterocycles. The molecule has 2 aromatic rings. The number of nitrogens with zero attached hydrogens (tertiary/aromatic N) is 1. The fraction of sp³-hybridized carbons (Fsp3) is 0.381. The lowest BCUT2D eigenvalue weighted by molar-refractivity contribution is -0.118. The minimum atomic E-state index is -3.92. The molecule has 8 heteroatoms. The summed E-state index contributed by atoms with van der Waals surface area (Å²) in [7, 11) is -3.92. The first kappa shape index (κ1) is 21.5. The highest BCUT2D eigenvalue weighted by molar-refractivity contribution is 7.95. The maximum atomic E-state index is 13.3. The van der Waals surface area contributed by atoms with E-state index in [4.69, 9.17) is 16.3 Å². The second-order valence-corrected chi connectivity index (χ2v) is 10.3. The Morgan fingerprint density at radius 2 is 1.76 bits per heavy atom. The van der Waals surface area contributed by atoms with Gasteiger partial charge < -0.3 is 10.1 Å². The summed E-state index contributed by atoms with van der Waals surface area (Å²) >= 11 is 5.92. The molecule has 1 aliphatic heterocycles. The van der Waals surface area contributed by atoms with Crippen LogP contribution in [0.1, 0.15) is 33.6 Å². The highest BCUT2D eigenvalue weighted by atomic mass is 35.5. The van der Waals surface area contributed by atoms with Crippen LogP contribution in [0.25, 0.3) is 0 Å². The average Bonchev–Trinajstić information content (AvgIpc) is 2.66. The van der Waals surface area contributed by atoms with Crippen molar-refractivity contribution in [3.05, 3.63) is 53.6 Å². The van der Waals surface area contributed by atoms with Crippen molar-refractivity contribution in [2.45, 2.75) is 44.5 Å². The zero-order chi connectivity index (χ0) is 21.2. The van der Waals surface area contributed by atoms with Crippen LogP contribution in [-0.4, -0.2) is 31.7 Å². The Morgan fingerprint density at radius 3 is 2.34 bits per heavy atom. The molecule has 1 fully saturated rings. The smallest absolute Gasteiger partial charge is 0.249 e. The Kier molecular flexibility index (Phi) is 6.10. The highest BCUT2D eigenvalue weighted by Gasteiger charge is 2.51. The number of carbonyl (C=O) groups is 1. The molecule has 29 heavy (non-hydrogen) atoms. The molecular weight excluding hydrogens is 412 g/mol. The van der Waals surface area contributed by atoms with E-state index in [1.807, 2.05) is 13.8 Å². The minimum absolute atomic E-state index is 0.0422. The molecule has 156 valence electrons. The molecule has 0 unspecified atom stereocenters. The molecule has 6 nitrogen and oxygen atoms in total. The lowest BCUT2D eigenvalue weighted by Crippen LogP contribution is -2.57. The Bertz CT molecular complexity index is 975. The molecule has 0 saturated carbocycles. The molecule has 0 aliphatic carbocycles. The molecular formula is C21H25ClN2O4S. The van der Waals surface area contributed by atoms with Crippen molar-refractivity contribution in [3.8, 4) is 5.75 Å². The zero-order valence-electron chi connectivity index (χ0n) is 16.7. The molecule has 1 aliphatic rings. The molecule has 0 aromatic heterocycles. The molecule has 1 heterocycles. The van der Waals surface area contributed by atoms with Crippen molar-refractivity contribution in [1.29, 1.82) is 0 Å². The summed E-state index contributed by atoms with van der Waals surface area (Å²) in [5, 5.41) is 3.27. The summed E-state index contributed by atoms with van der Waals surface area (Å²) < 4.78 is 32.0. The van der Waals surface area contributed by atoms with E-state index in [-0.39, 0.29) is 12.5 Å². The monoisotopic (exact) mass is 436 g/mol. The predicted octanol–water partition coefficient (Wildman–Crippen LogP) is 4.45. The van der Waals surface area contributed by atoms with E-state index in [0.29, 0.717) is 35.1 Å². The van der Waals surface area contributed by atoms with Gasteiger partial charge in [-0.3, -0.25) is 9.10 Å². The summed E-state index contributed by atoms with van der Waals surface area (Å²) in [6, 6.07) is 13.5. The lowest BCUT2D eigenvalue weighted by atomic mass is 10.0. The Labute approximate surface area is 176 Å². The molecule has 0 spiro atoms. The number of amides is 1. The van der Waals surface area contributed by atoms with Gasteiger partial charge in [-0.2, -0.15) is 0 Å². The van der Waals surface area contributed by atoms with Gasteiger partial charge >= 0.3 is 0 Å². The molecule has 1 N–H and O–H groups in total. The van der Waals surface area contributed by atoms with E-state index in [0.717, 1.165) is 0 Å². The van der Waals surface area contributed by atoms with Crippen molar-refractivity contribution >= 4 is 38.9 Å². The van der Waals surface area contributed by atoms with Gasteiger partial charge in [0.1, 0.15) is 5.75 Å². The first-order chi connectivity index (χ1) is 13.6.